The Labute approximate surface area is 148 Å². The van der Waals surface area contributed by atoms with Gasteiger partial charge in [-0.25, -0.2) is 0 Å². The van der Waals surface area contributed by atoms with Gasteiger partial charge >= 0.3 is 0 Å². The van der Waals surface area contributed by atoms with Crippen LogP contribution in [-0.2, 0) is 9.59 Å². The number of carbonyl (C=O) groups excluding carboxylic acids is 2. The van der Waals surface area contributed by atoms with Crippen LogP contribution in [0, 0.1) is 12.3 Å². The minimum Gasteiger partial charge on any atom is -0.477 e. The van der Waals surface area contributed by atoms with Gasteiger partial charge in [-0.1, -0.05) is 18.1 Å². The van der Waals surface area contributed by atoms with Gasteiger partial charge in [-0.3, -0.25) is 9.59 Å². The lowest BCUT2D eigenvalue weighted by Gasteiger charge is -2.38. The fraction of sp³-hybridized carbons (Fsp3) is 0.474. The third-order valence-electron chi connectivity index (χ3n) is 4.53. The van der Waals surface area contributed by atoms with Gasteiger partial charge in [0.1, 0.15) is 5.75 Å². The van der Waals surface area contributed by atoms with Crippen LogP contribution >= 0.6 is 0 Å². The van der Waals surface area contributed by atoms with Crippen molar-refractivity contribution in [3.8, 4) is 18.1 Å². The number of ether oxygens (including phenoxy) is 1. The molecular weight excluding hydrogens is 318 g/mol. The van der Waals surface area contributed by atoms with E-state index < -0.39 is 6.10 Å². The standard InChI is InChI=1S/C19H23N3O3/c1-2-10-20-18(23)14-22-13-17(19(24)21-11-6-3-7-12-21)25-16-9-5-4-8-15(16)22/h1,4-5,8-9,17H,3,6-7,10-14H2,(H,20,23)/t17-/m0/s1. The fourth-order valence-corrected chi connectivity index (χ4v) is 3.28. The first-order valence-corrected chi connectivity index (χ1v) is 8.68. The predicted molar refractivity (Wildman–Crippen MR) is 95.3 cm³/mol. The number of benzene rings is 1. The molecule has 2 amide bonds. The van der Waals surface area contributed by atoms with Crippen LogP contribution in [0.1, 0.15) is 19.3 Å². The maximum absolute atomic E-state index is 12.8. The van der Waals surface area contributed by atoms with Crippen LogP contribution < -0.4 is 15.0 Å². The predicted octanol–water partition coefficient (Wildman–Crippen LogP) is 1.02. The lowest BCUT2D eigenvalue weighted by Crippen LogP contribution is -2.53. The first kappa shape index (κ1) is 17.2. The van der Waals surface area contributed by atoms with Crippen molar-refractivity contribution in [2.75, 3.05) is 37.6 Å². The highest BCUT2D eigenvalue weighted by Gasteiger charge is 2.34. The molecule has 1 aromatic carbocycles. The van der Waals surface area contributed by atoms with E-state index in [4.69, 9.17) is 11.2 Å². The molecule has 25 heavy (non-hydrogen) atoms. The molecule has 1 atom stereocenters. The van der Waals surface area contributed by atoms with Crippen molar-refractivity contribution in [3.63, 3.8) is 0 Å². The van der Waals surface area contributed by atoms with Gasteiger partial charge in [-0.15, -0.1) is 6.42 Å². The molecule has 0 aromatic heterocycles. The third-order valence-corrected chi connectivity index (χ3v) is 4.53. The average molecular weight is 341 g/mol. The van der Waals surface area contributed by atoms with Crippen LogP contribution in [0.2, 0.25) is 0 Å². The Balaban J connectivity index is 1.74. The third kappa shape index (κ3) is 4.05. The lowest BCUT2D eigenvalue weighted by molar-refractivity contribution is -0.139. The number of hydrogen-bond donors (Lipinski definition) is 1. The molecule has 2 aliphatic rings. The number of rotatable bonds is 4. The fourth-order valence-electron chi connectivity index (χ4n) is 3.28. The Hall–Kier alpha value is -2.68. The Morgan fingerprint density at radius 3 is 2.76 bits per heavy atom. The van der Waals surface area contributed by atoms with Crippen LogP contribution in [0.25, 0.3) is 0 Å². The number of fused-ring (bicyclic) bond motifs is 1. The molecule has 1 saturated heterocycles. The molecule has 0 aliphatic carbocycles. The molecule has 1 fully saturated rings. The van der Waals surface area contributed by atoms with Gasteiger partial charge in [0, 0.05) is 13.1 Å². The van der Waals surface area contributed by atoms with Crippen molar-refractivity contribution in [2.45, 2.75) is 25.4 Å². The van der Waals surface area contributed by atoms with Crippen molar-refractivity contribution < 1.29 is 14.3 Å². The summed E-state index contributed by atoms with van der Waals surface area (Å²) < 4.78 is 5.94. The van der Waals surface area contributed by atoms with Gasteiger partial charge in [0.05, 0.1) is 25.3 Å². The normalized spacial score (nSPS) is 19.4. The van der Waals surface area contributed by atoms with Gasteiger partial charge in [0.25, 0.3) is 5.91 Å². The van der Waals surface area contributed by atoms with E-state index in [0.29, 0.717) is 12.3 Å². The van der Waals surface area contributed by atoms with E-state index in [1.165, 1.54) is 6.42 Å². The van der Waals surface area contributed by atoms with E-state index in [0.717, 1.165) is 31.6 Å². The zero-order valence-electron chi connectivity index (χ0n) is 14.2. The highest BCUT2D eigenvalue weighted by molar-refractivity contribution is 5.86. The van der Waals surface area contributed by atoms with E-state index in [-0.39, 0.29) is 24.9 Å². The molecule has 6 heteroatoms. The Bertz CT molecular complexity index is 677. The lowest BCUT2D eigenvalue weighted by atomic mass is 10.1. The van der Waals surface area contributed by atoms with Crippen LogP contribution in [0.5, 0.6) is 5.75 Å². The molecule has 0 spiro atoms. The van der Waals surface area contributed by atoms with E-state index in [1.54, 1.807) is 0 Å². The molecule has 132 valence electrons. The summed E-state index contributed by atoms with van der Waals surface area (Å²) in [5.74, 6) is 2.86. The minimum atomic E-state index is -0.589. The smallest absolute Gasteiger partial charge is 0.265 e. The highest BCUT2D eigenvalue weighted by atomic mass is 16.5. The van der Waals surface area contributed by atoms with Crippen molar-refractivity contribution >= 4 is 17.5 Å². The van der Waals surface area contributed by atoms with Crippen molar-refractivity contribution in [1.82, 2.24) is 10.2 Å². The Kier molecular flexibility index (Phi) is 5.44. The molecule has 0 radical (unpaired) electrons. The van der Waals surface area contributed by atoms with E-state index in [2.05, 4.69) is 11.2 Å². The van der Waals surface area contributed by atoms with Crippen LogP contribution in [0.3, 0.4) is 0 Å². The zero-order chi connectivity index (χ0) is 17.6. The second kappa shape index (κ2) is 7.93. The second-order valence-corrected chi connectivity index (χ2v) is 6.32. The quantitative estimate of drug-likeness (QED) is 0.831. The van der Waals surface area contributed by atoms with Gasteiger partial charge < -0.3 is 19.9 Å². The van der Waals surface area contributed by atoms with Gasteiger partial charge in [-0.2, -0.15) is 0 Å². The summed E-state index contributed by atoms with van der Waals surface area (Å²) in [6.45, 7) is 2.26. The van der Waals surface area contributed by atoms with Gasteiger partial charge in [-0.05, 0) is 31.4 Å². The van der Waals surface area contributed by atoms with Gasteiger partial charge in [0.2, 0.25) is 5.91 Å². The average Bonchev–Trinajstić information content (AvgIpc) is 2.66. The number of anilines is 1. The molecule has 1 N–H and O–H groups in total. The molecule has 2 heterocycles. The molecule has 0 saturated carbocycles. The maximum atomic E-state index is 12.8. The van der Waals surface area contributed by atoms with Crippen molar-refractivity contribution in [2.24, 2.45) is 0 Å². The summed E-state index contributed by atoms with van der Waals surface area (Å²) in [5.41, 5.74) is 0.820. The first-order chi connectivity index (χ1) is 12.2. The molecular formula is C19H23N3O3. The summed E-state index contributed by atoms with van der Waals surface area (Å²) >= 11 is 0. The number of nitrogens with zero attached hydrogens (tertiary/aromatic N) is 2. The summed E-state index contributed by atoms with van der Waals surface area (Å²) in [4.78, 5) is 28.6. The number of piperidine rings is 1. The van der Waals surface area contributed by atoms with E-state index >= 15 is 0 Å². The highest BCUT2D eigenvalue weighted by Crippen LogP contribution is 2.33. The molecule has 0 unspecified atom stereocenters. The molecule has 6 nitrogen and oxygen atoms in total. The Morgan fingerprint density at radius 1 is 1.24 bits per heavy atom. The van der Waals surface area contributed by atoms with Crippen LogP contribution in [0.15, 0.2) is 24.3 Å². The number of hydrogen-bond acceptors (Lipinski definition) is 4. The van der Waals surface area contributed by atoms with Gasteiger partial charge in [0.15, 0.2) is 6.10 Å². The largest absolute Gasteiger partial charge is 0.477 e. The molecule has 0 bridgehead atoms. The number of carbonyl (C=O) groups is 2. The maximum Gasteiger partial charge on any atom is 0.265 e. The monoisotopic (exact) mass is 341 g/mol. The van der Waals surface area contributed by atoms with E-state index in [1.807, 2.05) is 34.1 Å². The summed E-state index contributed by atoms with van der Waals surface area (Å²) in [7, 11) is 0. The number of terminal acetylenes is 1. The number of para-hydroxylation sites is 2. The summed E-state index contributed by atoms with van der Waals surface area (Å²) in [5, 5.41) is 2.66. The second-order valence-electron chi connectivity index (χ2n) is 6.32. The topological polar surface area (TPSA) is 61.9 Å². The minimum absolute atomic E-state index is 0.00300. The summed E-state index contributed by atoms with van der Waals surface area (Å²) in [6.07, 6.45) is 7.83. The molecule has 2 aliphatic heterocycles. The number of nitrogens with one attached hydrogen (secondary N) is 1. The zero-order valence-corrected chi connectivity index (χ0v) is 14.2. The summed E-state index contributed by atoms with van der Waals surface area (Å²) in [6, 6.07) is 7.48. The van der Waals surface area contributed by atoms with Crippen molar-refractivity contribution in [1.29, 1.82) is 0 Å². The van der Waals surface area contributed by atoms with Crippen LogP contribution in [0.4, 0.5) is 5.69 Å². The molecule has 1 aromatic rings. The SMILES string of the molecule is C#CCNC(=O)CN1C[C@@H](C(=O)N2CCCCC2)Oc2ccccc21. The number of amides is 2. The Morgan fingerprint density at radius 2 is 2.00 bits per heavy atom. The molecule has 3 rings (SSSR count). The van der Waals surface area contributed by atoms with E-state index in [9.17, 15) is 9.59 Å². The first-order valence-electron chi connectivity index (χ1n) is 8.68. The number of likely N-dealkylation sites (tertiary alicyclic amines) is 1. The van der Waals surface area contributed by atoms with Crippen molar-refractivity contribution in [3.05, 3.63) is 24.3 Å². The van der Waals surface area contributed by atoms with Crippen LogP contribution in [-0.4, -0.2) is 55.5 Å².